The quantitative estimate of drug-likeness (QED) is 0.915. The minimum absolute atomic E-state index is 0.0108. The predicted molar refractivity (Wildman–Crippen MR) is 80.2 cm³/mol. The molecule has 0 fully saturated rings. The molecule has 2 aromatic rings. The number of nitrogens with zero attached hydrogens (tertiary/aromatic N) is 3. The predicted octanol–water partition coefficient (Wildman–Crippen LogP) is 2.98. The van der Waals surface area contributed by atoms with Crippen molar-refractivity contribution in [3.63, 3.8) is 0 Å². The summed E-state index contributed by atoms with van der Waals surface area (Å²) in [6.07, 6.45) is 0. The third-order valence-electron chi connectivity index (χ3n) is 3.69. The molecule has 108 valence electrons. The SMILES string of the molecule is Cc1nn(-c2cc(CO)cc(C(C)(C)C)n2)c(C)c1C. The van der Waals surface area contributed by atoms with E-state index < -0.39 is 0 Å². The summed E-state index contributed by atoms with van der Waals surface area (Å²) in [6, 6.07) is 3.86. The zero-order valence-electron chi connectivity index (χ0n) is 13.2. The zero-order chi connectivity index (χ0) is 15.1. The van der Waals surface area contributed by atoms with E-state index in [-0.39, 0.29) is 12.0 Å². The van der Waals surface area contributed by atoms with Crippen molar-refractivity contribution in [2.75, 3.05) is 0 Å². The monoisotopic (exact) mass is 273 g/mol. The van der Waals surface area contributed by atoms with Gasteiger partial charge in [-0.3, -0.25) is 0 Å². The molecule has 2 aromatic heterocycles. The van der Waals surface area contributed by atoms with Gasteiger partial charge in [0.2, 0.25) is 0 Å². The summed E-state index contributed by atoms with van der Waals surface area (Å²) in [5.41, 5.74) is 5.04. The molecule has 4 nitrogen and oxygen atoms in total. The molecule has 0 aliphatic heterocycles. The Morgan fingerprint density at radius 3 is 2.25 bits per heavy atom. The van der Waals surface area contributed by atoms with Crippen molar-refractivity contribution in [1.82, 2.24) is 14.8 Å². The van der Waals surface area contributed by atoms with Crippen molar-refractivity contribution in [2.24, 2.45) is 0 Å². The minimum Gasteiger partial charge on any atom is -0.392 e. The normalized spacial score (nSPS) is 11.9. The van der Waals surface area contributed by atoms with Crippen LogP contribution in [0.25, 0.3) is 5.82 Å². The number of aliphatic hydroxyl groups excluding tert-OH is 1. The molecule has 0 aromatic carbocycles. The van der Waals surface area contributed by atoms with Gasteiger partial charge in [0, 0.05) is 16.8 Å². The van der Waals surface area contributed by atoms with Crippen molar-refractivity contribution < 1.29 is 5.11 Å². The number of pyridine rings is 1. The number of aromatic nitrogens is 3. The van der Waals surface area contributed by atoms with E-state index in [0.29, 0.717) is 0 Å². The molecular weight excluding hydrogens is 250 g/mol. The summed E-state index contributed by atoms with van der Waals surface area (Å²) in [5.74, 6) is 0.773. The topological polar surface area (TPSA) is 50.9 Å². The lowest BCUT2D eigenvalue weighted by molar-refractivity contribution is 0.281. The summed E-state index contributed by atoms with van der Waals surface area (Å²) >= 11 is 0. The van der Waals surface area contributed by atoms with Crippen LogP contribution in [0.3, 0.4) is 0 Å². The van der Waals surface area contributed by atoms with Crippen LogP contribution in [-0.2, 0) is 12.0 Å². The molecule has 0 aliphatic carbocycles. The summed E-state index contributed by atoms with van der Waals surface area (Å²) in [6.45, 7) is 12.5. The summed E-state index contributed by atoms with van der Waals surface area (Å²) < 4.78 is 1.86. The fourth-order valence-electron chi connectivity index (χ4n) is 2.10. The van der Waals surface area contributed by atoms with Crippen molar-refractivity contribution >= 4 is 0 Å². The van der Waals surface area contributed by atoms with Crippen LogP contribution in [0.5, 0.6) is 0 Å². The lowest BCUT2D eigenvalue weighted by Gasteiger charge is -2.20. The molecule has 20 heavy (non-hydrogen) atoms. The van der Waals surface area contributed by atoms with Gasteiger partial charge < -0.3 is 5.11 Å². The van der Waals surface area contributed by atoms with Gasteiger partial charge in [0.05, 0.1) is 12.3 Å². The van der Waals surface area contributed by atoms with E-state index in [1.807, 2.05) is 30.7 Å². The molecule has 2 heterocycles. The molecule has 1 N–H and O–H groups in total. The second kappa shape index (κ2) is 5.02. The Kier molecular flexibility index (Phi) is 3.69. The van der Waals surface area contributed by atoms with Crippen LogP contribution in [-0.4, -0.2) is 19.9 Å². The fraction of sp³-hybridized carbons (Fsp3) is 0.500. The molecule has 0 unspecified atom stereocenters. The first kappa shape index (κ1) is 14.7. The largest absolute Gasteiger partial charge is 0.392 e. The van der Waals surface area contributed by atoms with E-state index in [9.17, 15) is 5.11 Å². The Hall–Kier alpha value is -1.68. The second-order valence-corrected chi connectivity index (χ2v) is 6.33. The first-order valence-electron chi connectivity index (χ1n) is 6.89. The number of aryl methyl sites for hydroxylation is 1. The Morgan fingerprint density at radius 2 is 1.80 bits per heavy atom. The number of rotatable bonds is 2. The molecule has 0 spiro atoms. The lowest BCUT2D eigenvalue weighted by Crippen LogP contribution is -2.16. The Bertz CT molecular complexity index is 636. The van der Waals surface area contributed by atoms with Crippen LogP contribution in [0.15, 0.2) is 12.1 Å². The molecule has 2 rings (SSSR count). The highest BCUT2D eigenvalue weighted by atomic mass is 16.3. The number of hydrogen-bond acceptors (Lipinski definition) is 3. The first-order valence-corrected chi connectivity index (χ1v) is 6.89. The average Bonchev–Trinajstić information content (AvgIpc) is 2.65. The van der Waals surface area contributed by atoms with Crippen LogP contribution >= 0.6 is 0 Å². The fourth-order valence-corrected chi connectivity index (χ4v) is 2.10. The second-order valence-electron chi connectivity index (χ2n) is 6.33. The summed E-state index contributed by atoms with van der Waals surface area (Å²) in [5, 5.41) is 14.0. The minimum atomic E-state index is -0.0644. The van der Waals surface area contributed by atoms with E-state index in [1.165, 1.54) is 5.56 Å². The van der Waals surface area contributed by atoms with Gasteiger partial charge in [-0.25, -0.2) is 9.67 Å². The maximum absolute atomic E-state index is 9.47. The van der Waals surface area contributed by atoms with E-state index in [2.05, 4.69) is 32.8 Å². The molecular formula is C16H23N3O. The average molecular weight is 273 g/mol. The van der Waals surface area contributed by atoms with Crippen molar-refractivity contribution in [2.45, 2.75) is 53.6 Å². The first-order chi connectivity index (χ1) is 9.24. The molecule has 0 atom stereocenters. The highest BCUT2D eigenvalue weighted by molar-refractivity contribution is 5.36. The van der Waals surface area contributed by atoms with Crippen LogP contribution in [0, 0.1) is 20.8 Å². The third kappa shape index (κ3) is 2.61. The zero-order valence-corrected chi connectivity index (χ0v) is 13.2. The van der Waals surface area contributed by atoms with E-state index in [0.717, 1.165) is 28.5 Å². The maximum atomic E-state index is 9.47. The number of aliphatic hydroxyl groups is 1. The smallest absolute Gasteiger partial charge is 0.154 e. The molecule has 0 amide bonds. The van der Waals surface area contributed by atoms with Crippen molar-refractivity contribution in [1.29, 1.82) is 0 Å². The maximum Gasteiger partial charge on any atom is 0.154 e. The third-order valence-corrected chi connectivity index (χ3v) is 3.69. The van der Waals surface area contributed by atoms with Gasteiger partial charge >= 0.3 is 0 Å². The van der Waals surface area contributed by atoms with Crippen LogP contribution in [0.1, 0.15) is 49.0 Å². The van der Waals surface area contributed by atoms with Gasteiger partial charge in [-0.05, 0) is 44.0 Å². The molecule has 0 saturated carbocycles. The van der Waals surface area contributed by atoms with E-state index >= 15 is 0 Å². The Labute approximate surface area is 120 Å². The van der Waals surface area contributed by atoms with Crippen LogP contribution in [0.2, 0.25) is 0 Å². The van der Waals surface area contributed by atoms with Gasteiger partial charge in [0.25, 0.3) is 0 Å². The molecule has 0 bridgehead atoms. The molecule has 0 saturated heterocycles. The van der Waals surface area contributed by atoms with Crippen LogP contribution in [0.4, 0.5) is 0 Å². The molecule has 0 radical (unpaired) electrons. The van der Waals surface area contributed by atoms with Crippen molar-refractivity contribution in [3.8, 4) is 5.82 Å². The van der Waals surface area contributed by atoms with Gasteiger partial charge in [-0.1, -0.05) is 20.8 Å². The molecule has 4 heteroatoms. The number of hydrogen-bond donors (Lipinski definition) is 1. The molecule has 0 aliphatic rings. The van der Waals surface area contributed by atoms with Gasteiger partial charge in [0.1, 0.15) is 0 Å². The van der Waals surface area contributed by atoms with Crippen LogP contribution < -0.4 is 0 Å². The summed E-state index contributed by atoms with van der Waals surface area (Å²) in [7, 11) is 0. The highest BCUT2D eigenvalue weighted by Crippen LogP contribution is 2.24. The standard InChI is InChI=1S/C16H23N3O/c1-10-11(2)18-19(12(10)3)15-8-13(9-20)7-14(17-15)16(4,5)6/h7-8,20H,9H2,1-6H3. The van der Waals surface area contributed by atoms with Crippen molar-refractivity contribution in [3.05, 3.63) is 40.3 Å². The van der Waals surface area contributed by atoms with Gasteiger partial charge in [0.15, 0.2) is 5.82 Å². The Balaban J connectivity index is 2.64. The van der Waals surface area contributed by atoms with Gasteiger partial charge in [-0.2, -0.15) is 5.10 Å². The van der Waals surface area contributed by atoms with E-state index in [4.69, 9.17) is 4.98 Å². The van der Waals surface area contributed by atoms with E-state index in [1.54, 1.807) is 0 Å². The highest BCUT2D eigenvalue weighted by Gasteiger charge is 2.19. The summed E-state index contributed by atoms with van der Waals surface area (Å²) in [4.78, 5) is 4.73. The Morgan fingerprint density at radius 1 is 1.15 bits per heavy atom. The van der Waals surface area contributed by atoms with Gasteiger partial charge in [-0.15, -0.1) is 0 Å². The lowest BCUT2D eigenvalue weighted by atomic mass is 9.91.